The summed E-state index contributed by atoms with van der Waals surface area (Å²) in [6, 6.07) is 0. The number of nitrogens with zero attached hydrogens (tertiary/aromatic N) is 3. The molecule has 0 saturated heterocycles. The summed E-state index contributed by atoms with van der Waals surface area (Å²) in [5, 5.41) is 0.538. The minimum Gasteiger partial charge on any atom is -0.304 e. The van der Waals surface area contributed by atoms with Gasteiger partial charge in [0, 0.05) is 36.6 Å². The Morgan fingerprint density at radius 1 is 1.44 bits per heavy atom. The molecule has 0 saturated carbocycles. The number of rotatable bonds is 1. The van der Waals surface area contributed by atoms with Gasteiger partial charge in [-0.1, -0.05) is 11.8 Å². The standard InChI is InChI=1S/C8H8N4O2S.Na/c1-12-7(14)5-6(11-8(12)15-2)10-4(13)3-9-5;/h3H,1-2H3,(H,10,13);. The van der Waals surface area contributed by atoms with E-state index in [0.717, 1.165) is 6.20 Å². The molecule has 2 heterocycles. The Balaban J connectivity index is 0.00000128. The second kappa shape index (κ2) is 5.13. The zero-order chi connectivity index (χ0) is 11.0. The molecule has 0 aliphatic rings. The van der Waals surface area contributed by atoms with Crippen LogP contribution in [0.3, 0.4) is 0 Å². The van der Waals surface area contributed by atoms with Crippen LogP contribution in [0.25, 0.3) is 11.2 Å². The fourth-order valence-corrected chi connectivity index (χ4v) is 1.77. The predicted molar refractivity (Wildman–Crippen MR) is 62.9 cm³/mol. The Labute approximate surface area is 117 Å². The van der Waals surface area contributed by atoms with E-state index in [1.807, 2.05) is 6.26 Å². The number of aromatic nitrogens is 4. The van der Waals surface area contributed by atoms with E-state index in [4.69, 9.17) is 0 Å². The number of nitrogens with one attached hydrogen (secondary N) is 1. The fraction of sp³-hybridized carbons (Fsp3) is 0.250. The van der Waals surface area contributed by atoms with Crippen molar-refractivity contribution >= 4 is 52.5 Å². The molecule has 0 bridgehead atoms. The first-order chi connectivity index (χ1) is 7.13. The second-order valence-corrected chi connectivity index (χ2v) is 3.68. The number of H-pyrrole nitrogens is 1. The molecule has 0 aliphatic heterocycles. The van der Waals surface area contributed by atoms with E-state index in [-0.39, 0.29) is 51.8 Å². The third-order valence-corrected chi connectivity index (χ3v) is 2.69. The van der Waals surface area contributed by atoms with Gasteiger partial charge in [-0.3, -0.25) is 14.2 Å². The van der Waals surface area contributed by atoms with E-state index in [1.54, 1.807) is 7.05 Å². The van der Waals surface area contributed by atoms with Crippen LogP contribution in [0, 0.1) is 0 Å². The molecule has 16 heavy (non-hydrogen) atoms. The van der Waals surface area contributed by atoms with Gasteiger partial charge in [-0.15, -0.1) is 0 Å². The molecule has 1 radical (unpaired) electrons. The smallest absolute Gasteiger partial charge is 0.282 e. The number of aromatic amines is 1. The molecule has 0 unspecified atom stereocenters. The zero-order valence-electron chi connectivity index (χ0n) is 9.14. The molecular formula is C8H8N4NaO2S. The van der Waals surface area contributed by atoms with Crippen LogP contribution in [-0.4, -0.2) is 55.3 Å². The minimum atomic E-state index is -0.365. The van der Waals surface area contributed by atoms with Crippen molar-refractivity contribution in [3.8, 4) is 0 Å². The van der Waals surface area contributed by atoms with E-state index in [1.165, 1.54) is 16.3 Å². The van der Waals surface area contributed by atoms with E-state index < -0.39 is 0 Å². The molecule has 0 atom stereocenters. The first-order valence-electron chi connectivity index (χ1n) is 4.13. The summed E-state index contributed by atoms with van der Waals surface area (Å²) in [4.78, 5) is 33.1. The van der Waals surface area contributed by atoms with Gasteiger partial charge < -0.3 is 4.98 Å². The van der Waals surface area contributed by atoms with Crippen LogP contribution in [0.4, 0.5) is 0 Å². The molecule has 2 aromatic rings. The van der Waals surface area contributed by atoms with E-state index in [0.29, 0.717) is 5.16 Å². The summed E-state index contributed by atoms with van der Waals surface area (Å²) < 4.78 is 1.40. The monoisotopic (exact) mass is 247 g/mol. The Hall–Kier alpha value is -0.630. The largest absolute Gasteiger partial charge is 0.304 e. The molecule has 2 aromatic heterocycles. The van der Waals surface area contributed by atoms with Gasteiger partial charge in [0.1, 0.15) is 0 Å². The zero-order valence-corrected chi connectivity index (χ0v) is 12.0. The summed E-state index contributed by atoms with van der Waals surface area (Å²) in [6.45, 7) is 0. The predicted octanol–water partition coefficient (Wildman–Crippen LogP) is -0.642. The Morgan fingerprint density at radius 2 is 2.12 bits per heavy atom. The molecule has 0 amide bonds. The third kappa shape index (κ3) is 2.22. The minimum absolute atomic E-state index is 0. The summed E-state index contributed by atoms with van der Waals surface area (Å²) in [6.07, 6.45) is 2.88. The van der Waals surface area contributed by atoms with E-state index in [2.05, 4.69) is 15.0 Å². The number of hydrogen-bond acceptors (Lipinski definition) is 5. The quantitative estimate of drug-likeness (QED) is 0.412. The van der Waals surface area contributed by atoms with E-state index >= 15 is 0 Å². The normalized spacial score (nSPS) is 10.1. The van der Waals surface area contributed by atoms with Crippen molar-refractivity contribution in [3.63, 3.8) is 0 Å². The molecule has 0 fully saturated rings. The van der Waals surface area contributed by atoms with Gasteiger partial charge >= 0.3 is 0 Å². The van der Waals surface area contributed by atoms with Gasteiger partial charge in [-0.05, 0) is 6.26 Å². The van der Waals surface area contributed by atoms with Crippen LogP contribution >= 0.6 is 11.8 Å². The molecule has 1 N–H and O–H groups in total. The van der Waals surface area contributed by atoms with Crippen LogP contribution < -0.4 is 11.1 Å². The summed E-state index contributed by atoms with van der Waals surface area (Å²) in [7, 11) is 1.62. The summed E-state index contributed by atoms with van der Waals surface area (Å²) in [5.74, 6) is 0. The summed E-state index contributed by atoms with van der Waals surface area (Å²) in [5.41, 5.74) is -0.222. The average Bonchev–Trinajstić information content (AvgIpc) is 2.23. The van der Waals surface area contributed by atoms with Crippen LogP contribution in [0.2, 0.25) is 0 Å². The van der Waals surface area contributed by atoms with E-state index in [9.17, 15) is 9.59 Å². The van der Waals surface area contributed by atoms with Crippen molar-refractivity contribution in [2.75, 3.05) is 6.26 Å². The van der Waals surface area contributed by atoms with Gasteiger partial charge in [0.05, 0.1) is 6.20 Å². The maximum absolute atomic E-state index is 11.7. The molecule has 8 heteroatoms. The van der Waals surface area contributed by atoms with Crippen molar-refractivity contribution < 1.29 is 0 Å². The Morgan fingerprint density at radius 3 is 2.75 bits per heavy atom. The first-order valence-corrected chi connectivity index (χ1v) is 5.36. The van der Waals surface area contributed by atoms with Gasteiger partial charge in [0.25, 0.3) is 11.1 Å². The van der Waals surface area contributed by atoms with Crippen LogP contribution in [0.5, 0.6) is 0 Å². The molecule has 6 nitrogen and oxygen atoms in total. The van der Waals surface area contributed by atoms with Crippen LogP contribution in [-0.2, 0) is 7.05 Å². The Kier molecular flexibility index (Phi) is 4.31. The maximum atomic E-state index is 11.7. The number of fused-ring (bicyclic) bond motifs is 1. The van der Waals surface area contributed by atoms with Gasteiger partial charge in [-0.25, -0.2) is 9.97 Å². The molecule has 0 spiro atoms. The summed E-state index contributed by atoms with van der Waals surface area (Å²) >= 11 is 1.33. The number of hydrogen-bond donors (Lipinski definition) is 1. The molecule has 0 aromatic carbocycles. The van der Waals surface area contributed by atoms with Gasteiger partial charge in [0.2, 0.25) is 0 Å². The maximum Gasteiger partial charge on any atom is 0.282 e. The molecule has 79 valence electrons. The molecule has 0 aliphatic carbocycles. The van der Waals surface area contributed by atoms with Crippen LogP contribution in [0.1, 0.15) is 0 Å². The van der Waals surface area contributed by atoms with Crippen molar-refractivity contribution in [2.45, 2.75) is 5.16 Å². The van der Waals surface area contributed by atoms with Crippen molar-refractivity contribution in [1.29, 1.82) is 0 Å². The fourth-order valence-electron chi connectivity index (χ4n) is 1.23. The Bertz CT molecular complexity index is 636. The molecular weight excluding hydrogens is 239 g/mol. The van der Waals surface area contributed by atoms with Crippen molar-refractivity contribution in [2.24, 2.45) is 7.05 Å². The van der Waals surface area contributed by atoms with Crippen molar-refractivity contribution in [3.05, 3.63) is 26.9 Å². The first kappa shape index (κ1) is 13.4. The SMILES string of the molecule is CSc1nc2[nH]c(=O)cnc2c(=O)n1C.[Na]. The third-order valence-electron chi connectivity index (χ3n) is 1.96. The van der Waals surface area contributed by atoms with Gasteiger partial charge in [0.15, 0.2) is 16.3 Å². The number of thioether (sulfide) groups is 1. The van der Waals surface area contributed by atoms with Gasteiger partial charge in [-0.2, -0.15) is 0 Å². The molecule has 2 rings (SSSR count). The van der Waals surface area contributed by atoms with Crippen molar-refractivity contribution in [1.82, 2.24) is 19.5 Å². The topological polar surface area (TPSA) is 80.6 Å². The van der Waals surface area contributed by atoms with Crippen LogP contribution in [0.15, 0.2) is 20.9 Å². The average molecular weight is 247 g/mol. The second-order valence-electron chi connectivity index (χ2n) is 2.91.